The van der Waals surface area contributed by atoms with Gasteiger partial charge >= 0.3 is 0 Å². The van der Waals surface area contributed by atoms with Gasteiger partial charge in [0.25, 0.3) is 0 Å². The van der Waals surface area contributed by atoms with Gasteiger partial charge in [-0.05, 0) is 13.8 Å². The second-order valence-electron chi connectivity index (χ2n) is 3.08. The summed E-state index contributed by atoms with van der Waals surface area (Å²) < 4.78 is 13.2. The molecule has 4 nitrogen and oxygen atoms in total. The van der Waals surface area contributed by atoms with Crippen LogP contribution in [-0.2, 0) is 0 Å². The van der Waals surface area contributed by atoms with E-state index in [1.165, 1.54) is 11.3 Å². The lowest BCUT2D eigenvalue weighted by Gasteiger charge is -2.01. The standard InChI is InChI=1S/C9H9FN4S/c1-4-7(10)8(11)14-9(12-4)6-3-15-5(2)13-6/h3H,1-2H3,(H2,11,12,14). The van der Waals surface area contributed by atoms with E-state index in [-0.39, 0.29) is 11.5 Å². The van der Waals surface area contributed by atoms with Gasteiger partial charge in [-0.3, -0.25) is 0 Å². The monoisotopic (exact) mass is 224 g/mol. The topological polar surface area (TPSA) is 64.7 Å². The number of nitrogens with zero attached hydrogens (tertiary/aromatic N) is 3. The van der Waals surface area contributed by atoms with Gasteiger partial charge in [0, 0.05) is 5.38 Å². The molecule has 2 aromatic rings. The molecule has 0 unspecified atom stereocenters. The highest BCUT2D eigenvalue weighted by Gasteiger charge is 2.11. The van der Waals surface area contributed by atoms with Crippen LogP contribution in [0.2, 0.25) is 0 Å². The van der Waals surface area contributed by atoms with E-state index in [0.29, 0.717) is 11.5 Å². The van der Waals surface area contributed by atoms with Crippen LogP contribution in [0.15, 0.2) is 5.38 Å². The first-order valence-electron chi connectivity index (χ1n) is 4.30. The zero-order chi connectivity index (χ0) is 11.0. The molecule has 0 spiro atoms. The van der Waals surface area contributed by atoms with Crippen molar-refractivity contribution >= 4 is 17.2 Å². The molecule has 0 aromatic carbocycles. The second-order valence-corrected chi connectivity index (χ2v) is 4.15. The molecule has 78 valence electrons. The fourth-order valence-corrected chi connectivity index (χ4v) is 1.75. The van der Waals surface area contributed by atoms with Gasteiger partial charge in [0.15, 0.2) is 17.5 Å². The Morgan fingerprint density at radius 2 is 2.00 bits per heavy atom. The molecule has 2 rings (SSSR count). The highest BCUT2D eigenvalue weighted by Crippen LogP contribution is 2.20. The highest BCUT2D eigenvalue weighted by molar-refractivity contribution is 7.09. The third kappa shape index (κ3) is 1.80. The maximum absolute atomic E-state index is 13.2. The Bertz CT molecular complexity index is 486. The summed E-state index contributed by atoms with van der Waals surface area (Å²) in [5.41, 5.74) is 6.29. The lowest BCUT2D eigenvalue weighted by molar-refractivity contribution is 0.608. The molecule has 0 radical (unpaired) electrons. The third-order valence-corrected chi connectivity index (χ3v) is 2.66. The number of anilines is 1. The molecule has 0 aliphatic carbocycles. The van der Waals surface area contributed by atoms with Gasteiger partial charge in [-0.2, -0.15) is 0 Å². The Hall–Kier alpha value is -1.56. The molecule has 6 heteroatoms. The van der Waals surface area contributed by atoms with E-state index < -0.39 is 5.82 Å². The average Bonchev–Trinajstić information content (AvgIpc) is 2.60. The van der Waals surface area contributed by atoms with Gasteiger partial charge < -0.3 is 5.73 Å². The first-order chi connectivity index (χ1) is 7.08. The number of aromatic nitrogens is 3. The number of hydrogen-bond acceptors (Lipinski definition) is 5. The van der Waals surface area contributed by atoms with E-state index in [4.69, 9.17) is 5.73 Å². The molecule has 0 bridgehead atoms. The van der Waals surface area contributed by atoms with Crippen molar-refractivity contribution in [1.29, 1.82) is 0 Å². The summed E-state index contributed by atoms with van der Waals surface area (Å²) in [6.07, 6.45) is 0. The number of rotatable bonds is 1. The van der Waals surface area contributed by atoms with E-state index in [0.717, 1.165) is 5.01 Å². The van der Waals surface area contributed by atoms with Crippen molar-refractivity contribution in [2.24, 2.45) is 0 Å². The average molecular weight is 224 g/mol. The number of nitrogens with two attached hydrogens (primary N) is 1. The van der Waals surface area contributed by atoms with Crippen LogP contribution >= 0.6 is 11.3 Å². The Balaban J connectivity index is 2.55. The molecule has 15 heavy (non-hydrogen) atoms. The number of thiazole rings is 1. The summed E-state index contributed by atoms with van der Waals surface area (Å²) >= 11 is 1.49. The minimum absolute atomic E-state index is 0.136. The van der Waals surface area contributed by atoms with Crippen LogP contribution in [0.1, 0.15) is 10.7 Å². The molecule has 2 aromatic heterocycles. The fourth-order valence-electron chi connectivity index (χ4n) is 1.16. The predicted molar refractivity (Wildman–Crippen MR) is 57.0 cm³/mol. The van der Waals surface area contributed by atoms with E-state index in [1.54, 1.807) is 6.92 Å². The van der Waals surface area contributed by atoms with Crippen LogP contribution < -0.4 is 5.73 Å². The summed E-state index contributed by atoms with van der Waals surface area (Å²) in [6, 6.07) is 0. The molecule has 0 atom stereocenters. The van der Waals surface area contributed by atoms with E-state index in [1.807, 2.05) is 12.3 Å². The Morgan fingerprint density at radius 3 is 2.53 bits per heavy atom. The smallest absolute Gasteiger partial charge is 0.186 e. The van der Waals surface area contributed by atoms with Gasteiger partial charge in [0.1, 0.15) is 5.69 Å². The quantitative estimate of drug-likeness (QED) is 0.804. The van der Waals surface area contributed by atoms with Crippen LogP contribution in [0.5, 0.6) is 0 Å². The fraction of sp³-hybridized carbons (Fsp3) is 0.222. The predicted octanol–water partition coefficient (Wildman–Crippen LogP) is 1.94. The number of halogens is 1. The van der Waals surface area contributed by atoms with Crippen molar-refractivity contribution < 1.29 is 4.39 Å². The van der Waals surface area contributed by atoms with Gasteiger partial charge in [0.05, 0.1) is 10.7 Å². The highest BCUT2D eigenvalue weighted by atomic mass is 32.1. The van der Waals surface area contributed by atoms with Gasteiger partial charge in [-0.15, -0.1) is 11.3 Å². The zero-order valence-electron chi connectivity index (χ0n) is 8.28. The minimum Gasteiger partial charge on any atom is -0.381 e. The molecule has 0 fully saturated rings. The number of nitrogen functional groups attached to an aromatic ring is 1. The van der Waals surface area contributed by atoms with Crippen molar-refractivity contribution in [2.75, 3.05) is 5.73 Å². The largest absolute Gasteiger partial charge is 0.381 e. The van der Waals surface area contributed by atoms with Crippen LogP contribution in [-0.4, -0.2) is 15.0 Å². The maximum atomic E-state index is 13.2. The molecule has 0 aliphatic rings. The molecule has 2 heterocycles. The van der Waals surface area contributed by atoms with Crippen molar-refractivity contribution in [1.82, 2.24) is 15.0 Å². The normalized spacial score (nSPS) is 10.6. The van der Waals surface area contributed by atoms with Crippen LogP contribution in [0.25, 0.3) is 11.5 Å². The summed E-state index contributed by atoms with van der Waals surface area (Å²) in [4.78, 5) is 12.1. The van der Waals surface area contributed by atoms with E-state index in [9.17, 15) is 4.39 Å². The van der Waals surface area contributed by atoms with E-state index >= 15 is 0 Å². The molecular weight excluding hydrogens is 215 g/mol. The number of aryl methyl sites for hydroxylation is 2. The van der Waals surface area contributed by atoms with Gasteiger partial charge in [-0.25, -0.2) is 19.3 Å². The molecule has 2 N–H and O–H groups in total. The van der Waals surface area contributed by atoms with Crippen LogP contribution in [0.4, 0.5) is 10.2 Å². The van der Waals surface area contributed by atoms with Gasteiger partial charge in [0.2, 0.25) is 0 Å². The van der Waals surface area contributed by atoms with E-state index in [2.05, 4.69) is 15.0 Å². The molecular formula is C9H9FN4S. The lowest BCUT2D eigenvalue weighted by atomic mass is 10.3. The first kappa shape index (κ1) is 9.97. The number of hydrogen-bond donors (Lipinski definition) is 1. The molecule has 0 saturated carbocycles. The zero-order valence-corrected chi connectivity index (χ0v) is 9.10. The van der Waals surface area contributed by atoms with Crippen molar-refractivity contribution in [2.45, 2.75) is 13.8 Å². The minimum atomic E-state index is -0.564. The SMILES string of the molecule is Cc1nc(-c2nc(C)c(F)c(N)n2)cs1. The third-order valence-electron chi connectivity index (χ3n) is 1.89. The van der Waals surface area contributed by atoms with Gasteiger partial charge in [-0.1, -0.05) is 0 Å². The molecule has 0 amide bonds. The van der Waals surface area contributed by atoms with Crippen LogP contribution in [0.3, 0.4) is 0 Å². The molecule has 0 aliphatic heterocycles. The van der Waals surface area contributed by atoms with Crippen molar-refractivity contribution in [3.63, 3.8) is 0 Å². The Labute approximate surface area is 90.0 Å². The van der Waals surface area contributed by atoms with Crippen molar-refractivity contribution in [3.8, 4) is 11.5 Å². The maximum Gasteiger partial charge on any atom is 0.186 e. The summed E-state index contributed by atoms with van der Waals surface area (Å²) in [7, 11) is 0. The first-order valence-corrected chi connectivity index (χ1v) is 5.18. The Morgan fingerprint density at radius 1 is 1.27 bits per heavy atom. The van der Waals surface area contributed by atoms with Crippen molar-refractivity contribution in [3.05, 3.63) is 21.9 Å². The summed E-state index contributed by atoms with van der Waals surface area (Å²) in [5, 5.41) is 2.73. The second kappa shape index (κ2) is 3.54. The van der Waals surface area contributed by atoms with Crippen LogP contribution in [0, 0.1) is 19.7 Å². The Kier molecular flexibility index (Phi) is 2.36. The molecule has 0 saturated heterocycles. The summed E-state index contributed by atoms with van der Waals surface area (Å²) in [5.74, 6) is -0.329. The summed E-state index contributed by atoms with van der Waals surface area (Å²) in [6.45, 7) is 3.43. The lowest BCUT2D eigenvalue weighted by Crippen LogP contribution is -2.03.